The van der Waals surface area contributed by atoms with Gasteiger partial charge in [0.05, 0.1) is 17.9 Å². The molecular formula is C20H15FN2O2. The number of fused-ring (bicyclic) bond motifs is 1. The van der Waals surface area contributed by atoms with E-state index in [0.717, 1.165) is 28.9 Å². The molecule has 3 aromatic rings. The van der Waals surface area contributed by atoms with Crippen LogP contribution in [0.5, 0.6) is 5.75 Å². The number of amides is 1. The lowest BCUT2D eigenvalue weighted by Gasteiger charge is -2.08. The zero-order chi connectivity index (χ0) is 17.2. The van der Waals surface area contributed by atoms with Crippen molar-refractivity contribution in [2.24, 2.45) is 0 Å². The zero-order valence-corrected chi connectivity index (χ0v) is 13.3. The van der Waals surface area contributed by atoms with Crippen LogP contribution in [0.4, 0.5) is 10.1 Å². The van der Waals surface area contributed by atoms with Crippen LogP contribution >= 0.6 is 0 Å². The van der Waals surface area contributed by atoms with Gasteiger partial charge in [0.2, 0.25) is 0 Å². The molecule has 1 aliphatic heterocycles. The smallest absolute Gasteiger partial charge is 0.257 e. The van der Waals surface area contributed by atoms with Crippen molar-refractivity contribution < 1.29 is 13.9 Å². The van der Waals surface area contributed by atoms with Crippen molar-refractivity contribution >= 4 is 11.6 Å². The second-order valence-corrected chi connectivity index (χ2v) is 5.82. The lowest BCUT2D eigenvalue weighted by atomic mass is 10.0. The summed E-state index contributed by atoms with van der Waals surface area (Å²) in [5.74, 6) is 0.0349. The Balaban J connectivity index is 1.61. The van der Waals surface area contributed by atoms with Crippen LogP contribution in [0.3, 0.4) is 0 Å². The first-order valence-corrected chi connectivity index (χ1v) is 7.98. The summed E-state index contributed by atoms with van der Waals surface area (Å²) in [5.41, 5.74) is 3.47. The van der Waals surface area contributed by atoms with Crippen LogP contribution in [0.15, 0.2) is 60.9 Å². The van der Waals surface area contributed by atoms with E-state index in [1.165, 1.54) is 18.3 Å². The molecule has 0 unspecified atom stereocenters. The lowest BCUT2D eigenvalue weighted by Crippen LogP contribution is -2.13. The van der Waals surface area contributed by atoms with E-state index in [0.29, 0.717) is 12.2 Å². The van der Waals surface area contributed by atoms with Crippen molar-refractivity contribution in [3.8, 4) is 16.9 Å². The van der Waals surface area contributed by atoms with E-state index >= 15 is 0 Å². The molecule has 0 saturated carbocycles. The molecule has 0 aliphatic carbocycles. The summed E-state index contributed by atoms with van der Waals surface area (Å²) in [6.45, 7) is 0.697. The molecule has 2 heterocycles. The predicted molar refractivity (Wildman–Crippen MR) is 93.2 cm³/mol. The molecule has 0 bridgehead atoms. The maximum Gasteiger partial charge on any atom is 0.257 e. The Bertz CT molecular complexity index is 956. The van der Waals surface area contributed by atoms with Crippen molar-refractivity contribution in [2.75, 3.05) is 11.9 Å². The van der Waals surface area contributed by atoms with Gasteiger partial charge in [-0.15, -0.1) is 0 Å². The van der Waals surface area contributed by atoms with Crippen LogP contribution in [0.1, 0.15) is 15.9 Å². The van der Waals surface area contributed by atoms with Gasteiger partial charge in [0.15, 0.2) is 0 Å². The standard InChI is InChI=1S/C20H15FN2O2/c21-17-3-1-2-4-18(17)23-20(24)16-10-15(11-22-12-16)13-5-6-19-14(9-13)7-8-25-19/h1-6,9-12H,7-8H2,(H,23,24). The summed E-state index contributed by atoms with van der Waals surface area (Å²) in [6, 6.07) is 13.7. The third kappa shape index (κ3) is 3.08. The number of nitrogens with one attached hydrogen (secondary N) is 1. The van der Waals surface area contributed by atoms with E-state index in [4.69, 9.17) is 4.74 Å². The number of hydrogen-bond acceptors (Lipinski definition) is 3. The molecule has 0 fully saturated rings. The van der Waals surface area contributed by atoms with Crippen molar-refractivity contribution in [3.05, 3.63) is 77.9 Å². The van der Waals surface area contributed by atoms with Crippen LogP contribution in [-0.2, 0) is 6.42 Å². The monoisotopic (exact) mass is 334 g/mol. The number of pyridine rings is 1. The number of carbonyl (C=O) groups is 1. The van der Waals surface area contributed by atoms with Gasteiger partial charge in [0, 0.05) is 24.4 Å². The number of anilines is 1. The molecule has 0 radical (unpaired) electrons. The normalized spacial score (nSPS) is 12.4. The first-order valence-electron chi connectivity index (χ1n) is 7.98. The Labute approximate surface area is 144 Å². The summed E-state index contributed by atoms with van der Waals surface area (Å²) in [6.07, 6.45) is 4.05. The van der Waals surface area contributed by atoms with E-state index < -0.39 is 11.7 Å². The largest absolute Gasteiger partial charge is 0.493 e. The number of benzene rings is 2. The van der Waals surface area contributed by atoms with Gasteiger partial charge in [-0.2, -0.15) is 0 Å². The average Bonchev–Trinajstić information content (AvgIpc) is 3.11. The highest BCUT2D eigenvalue weighted by Gasteiger charge is 2.14. The molecule has 1 amide bonds. The van der Waals surface area contributed by atoms with Crippen molar-refractivity contribution in [3.63, 3.8) is 0 Å². The number of nitrogens with zero attached hydrogens (tertiary/aromatic N) is 1. The van der Waals surface area contributed by atoms with Crippen LogP contribution in [-0.4, -0.2) is 17.5 Å². The van der Waals surface area contributed by atoms with Gasteiger partial charge in [-0.3, -0.25) is 9.78 Å². The molecule has 1 aromatic heterocycles. The maximum absolute atomic E-state index is 13.7. The quantitative estimate of drug-likeness (QED) is 0.785. The van der Waals surface area contributed by atoms with Crippen molar-refractivity contribution in [1.29, 1.82) is 0 Å². The summed E-state index contributed by atoms with van der Waals surface area (Å²) in [7, 11) is 0. The van der Waals surface area contributed by atoms with Gasteiger partial charge < -0.3 is 10.1 Å². The highest BCUT2D eigenvalue weighted by atomic mass is 19.1. The summed E-state index contributed by atoms with van der Waals surface area (Å²) < 4.78 is 19.2. The third-order valence-corrected chi connectivity index (χ3v) is 4.15. The van der Waals surface area contributed by atoms with E-state index in [2.05, 4.69) is 16.4 Å². The minimum absolute atomic E-state index is 0.146. The topological polar surface area (TPSA) is 51.2 Å². The highest BCUT2D eigenvalue weighted by Crippen LogP contribution is 2.30. The zero-order valence-electron chi connectivity index (χ0n) is 13.3. The first kappa shape index (κ1) is 15.3. The minimum Gasteiger partial charge on any atom is -0.493 e. The lowest BCUT2D eigenvalue weighted by molar-refractivity contribution is 0.102. The number of hydrogen-bond donors (Lipinski definition) is 1. The Morgan fingerprint density at radius 3 is 2.84 bits per heavy atom. The molecule has 4 rings (SSSR count). The molecule has 0 spiro atoms. The number of carbonyl (C=O) groups excluding carboxylic acids is 1. The van der Waals surface area contributed by atoms with Gasteiger partial charge >= 0.3 is 0 Å². The van der Waals surface area contributed by atoms with Gasteiger partial charge in [-0.25, -0.2) is 4.39 Å². The molecule has 2 aromatic carbocycles. The molecule has 1 aliphatic rings. The Kier molecular flexibility index (Phi) is 3.90. The van der Waals surface area contributed by atoms with Crippen LogP contribution in [0.2, 0.25) is 0 Å². The second kappa shape index (κ2) is 6.36. The first-order chi connectivity index (χ1) is 12.2. The molecule has 0 atom stereocenters. The number of halogens is 1. The van der Waals surface area contributed by atoms with Gasteiger partial charge in [0.25, 0.3) is 5.91 Å². The molecule has 124 valence electrons. The minimum atomic E-state index is -0.474. The fraction of sp³-hybridized carbons (Fsp3) is 0.100. The van der Waals surface area contributed by atoms with Crippen molar-refractivity contribution in [1.82, 2.24) is 4.98 Å². The van der Waals surface area contributed by atoms with Gasteiger partial charge in [-0.1, -0.05) is 18.2 Å². The fourth-order valence-corrected chi connectivity index (χ4v) is 2.85. The fourth-order valence-electron chi connectivity index (χ4n) is 2.85. The second-order valence-electron chi connectivity index (χ2n) is 5.82. The van der Waals surface area contributed by atoms with Gasteiger partial charge in [-0.05, 0) is 41.5 Å². The van der Waals surface area contributed by atoms with Crippen LogP contribution < -0.4 is 10.1 Å². The number of aromatic nitrogens is 1. The summed E-state index contributed by atoms with van der Waals surface area (Å²) in [5, 5.41) is 2.57. The van der Waals surface area contributed by atoms with E-state index in [-0.39, 0.29) is 5.69 Å². The predicted octanol–water partition coefficient (Wildman–Crippen LogP) is 4.07. The van der Waals surface area contributed by atoms with Crippen LogP contribution in [0, 0.1) is 5.82 Å². The van der Waals surface area contributed by atoms with Gasteiger partial charge in [0.1, 0.15) is 11.6 Å². The molecule has 5 heteroatoms. The number of para-hydroxylation sites is 1. The highest BCUT2D eigenvalue weighted by molar-refractivity contribution is 6.04. The Hall–Kier alpha value is -3.21. The van der Waals surface area contributed by atoms with E-state index in [1.807, 2.05) is 12.1 Å². The van der Waals surface area contributed by atoms with E-state index in [9.17, 15) is 9.18 Å². The molecular weight excluding hydrogens is 319 g/mol. The summed E-state index contributed by atoms with van der Waals surface area (Å²) >= 11 is 0. The van der Waals surface area contributed by atoms with Crippen molar-refractivity contribution in [2.45, 2.75) is 6.42 Å². The molecule has 4 nitrogen and oxygen atoms in total. The van der Waals surface area contributed by atoms with Crippen LogP contribution in [0.25, 0.3) is 11.1 Å². The Morgan fingerprint density at radius 1 is 1.08 bits per heavy atom. The molecule has 25 heavy (non-hydrogen) atoms. The maximum atomic E-state index is 13.7. The SMILES string of the molecule is O=C(Nc1ccccc1F)c1cncc(-c2ccc3c(c2)CCO3)c1. The average molecular weight is 334 g/mol. The number of ether oxygens (including phenoxy) is 1. The van der Waals surface area contributed by atoms with E-state index in [1.54, 1.807) is 24.4 Å². The molecule has 1 N–H and O–H groups in total. The number of rotatable bonds is 3. The Morgan fingerprint density at radius 2 is 1.96 bits per heavy atom. The summed E-state index contributed by atoms with van der Waals surface area (Å²) in [4.78, 5) is 16.6. The molecule has 0 saturated heterocycles. The third-order valence-electron chi connectivity index (χ3n) is 4.15.